The van der Waals surface area contributed by atoms with Crippen LogP contribution >= 0.6 is 0 Å². The van der Waals surface area contributed by atoms with Crippen LogP contribution in [0.3, 0.4) is 0 Å². The zero-order chi connectivity index (χ0) is 9.84. The molecular formula is C9H18N2O2. The summed E-state index contributed by atoms with van der Waals surface area (Å²) in [6, 6.07) is -0.0688. The Balaban J connectivity index is 2.33. The van der Waals surface area contributed by atoms with Crippen LogP contribution in [0.15, 0.2) is 0 Å². The molecule has 0 aromatic carbocycles. The monoisotopic (exact) mass is 186 g/mol. The van der Waals surface area contributed by atoms with Crippen LogP contribution in [0.5, 0.6) is 0 Å². The van der Waals surface area contributed by atoms with Crippen molar-refractivity contribution in [3.05, 3.63) is 0 Å². The Kier molecular flexibility index (Phi) is 3.69. The molecule has 0 radical (unpaired) electrons. The molecule has 1 rings (SSSR count). The van der Waals surface area contributed by atoms with Gasteiger partial charge in [-0.1, -0.05) is 0 Å². The van der Waals surface area contributed by atoms with Crippen LogP contribution in [0.2, 0.25) is 0 Å². The van der Waals surface area contributed by atoms with E-state index >= 15 is 0 Å². The van der Waals surface area contributed by atoms with Gasteiger partial charge in [0.1, 0.15) is 0 Å². The highest BCUT2D eigenvalue weighted by atomic mass is 16.3. The van der Waals surface area contributed by atoms with Gasteiger partial charge in [-0.3, -0.25) is 4.79 Å². The molecule has 0 saturated carbocycles. The average molecular weight is 186 g/mol. The molecule has 1 aliphatic heterocycles. The molecule has 0 bridgehead atoms. The van der Waals surface area contributed by atoms with Crippen LogP contribution < -0.4 is 5.73 Å². The molecular weight excluding hydrogens is 168 g/mol. The molecule has 3 N–H and O–H groups in total. The topological polar surface area (TPSA) is 66.6 Å². The first kappa shape index (κ1) is 10.5. The van der Waals surface area contributed by atoms with E-state index in [1.165, 1.54) is 0 Å². The zero-order valence-corrected chi connectivity index (χ0v) is 8.07. The number of carbonyl (C=O) groups excluding carboxylic acids is 1. The standard InChI is InChI=1S/C9H18N2O2/c1-7(10)4-9(13)11-3-2-8(5-11)6-12/h7-8,12H,2-6,10H2,1H3. The van der Waals surface area contributed by atoms with Gasteiger partial charge in [-0.05, 0) is 13.3 Å². The van der Waals surface area contributed by atoms with E-state index in [1.807, 2.05) is 6.92 Å². The number of amides is 1. The lowest BCUT2D eigenvalue weighted by molar-refractivity contribution is -0.130. The smallest absolute Gasteiger partial charge is 0.224 e. The Morgan fingerprint density at radius 2 is 2.46 bits per heavy atom. The van der Waals surface area contributed by atoms with Crippen molar-refractivity contribution < 1.29 is 9.90 Å². The van der Waals surface area contributed by atoms with Gasteiger partial charge in [-0.2, -0.15) is 0 Å². The molecule has 13 heavy (non-hydrogen) atoms. The Morgan fingerprint density at radius 1 is 1.77 bits per heavy atom. The van der Waals surface area contributed by atoms with Crippen molar-refractivity contribution in [2.75, 3.05) is 19.7 Å². The fraction of sp³-hybridized carbons (Fsp3) is 0.889. The summed E-state index contributed by atoms with van der Waals surface area (Å²) in [6.07, 6.45) is 1.33. The van der Waals surface area contributed by atoms with Crippen molar-refractivity contribution in [2.24, 2.45) is 11.7 Å². The molecule has 1 fully saturated rings. The number of carbonyl (C=O) groups is 1. The second kappa shape index (κ2) is 4.58. The lowest BCUT2D eigenvalue weighted by Crippen LogP contribution is -2.33. The maximum atomic E-state index is 11.5. The third-order valence-electron chi connectivity index (χ3n) is 2.39. The number of rotatable bonds is 3. The van der Waals surface area contributed by atoms with Crippen LogP contribution in [0.25, 0.3) is 0 Å². The van der Waals surface area contributed by atoms with E-state index in [-0.39, 0.29) is 24.5 Å². The van der Waals surface area contributed by atoms with E-state index in [2.05, 4.69) is 0 Å². The Morgan fingerprint density at radius 3 is 2.92 bits per heavy atom. The molecule has 0 aromatic heterocycles. The second-order valence-corrected chi connectivity index (χ2v) is 3.86. The predicted molar refractivity (Wildman–Crippen MR) is 50.0 cm³/mol. The van der Waals surface area contributed by atoms with Gasteiger partial charge in [0.15, 0.2) is 0 Å². The van der Waals surface area contributed by atoms with Gasteiger partial charge >= 0.3 is 0 Å². The van der Waals surface area contributed by atoms with Crippen LogP contribution in [0.4, 0.5) is 0 Å². The first-order valence-corrected chi connectivity index (χ1v) is 4.77. The molecule has 4 nitrogen and oxygen atoms in total. The van der Waals surface area contributed by atoms with Gasteiger partial charge in [0, 0.05) is 38.1 Å². The summed E-state index contributed by atoms with van der Waals surface area (Å²) in [6.45, 7) is 3.48. The minimum atomic E-state index is -0.0688. The highest BCUT2D eigenvalue weighted by Gasteiger charge is 2.25. The van der Waals surface area contributed by atoms with Crippen LogP contribution in [-0.4, -0.2) is 41.7 Å². The lowest BCUT2D eigenvalue weighted by atomic mass is 10.1. The molecule has 1 heterocycles. The minimum Gasteiger partial charge on any atom is -0.396 e. The van der Waals surface area contributed by atoms with Crippen molar-refractivity contribution in [1.82, 2.24) is 4.90 Å². The molecule has 0 aromatic rings. The van der Waals surface area contributed by atoms with Gasteiger partial charge in [0.25, 0.3) is 0 Å². The number of aliphatic hydroxyl groups excluding tert-OH is 1. The largest absolute Gasteiger partial charge is 0.396 e. The summed E-state index contributed by atoms with van der Waals surface area (Å²) in [5, 5.41) is 8.88. The fourth-order valence-electron chi connectivity index (χ4n) is 1.61. The first-order chi connectivity index (χ1) is 6.13. The van der Waals surface area contributed by atoms with Gasteiger partial charge in [-0.15, -0.1) is 0 Å². The molecule has 2 unspecified atom stereocenters. The normalized spacial score (nSPS) is 24.8. The zero-order valence-electron chi connectivity index (χ0n) is 8.07. The minimum absolute atomic E-state index is 0.0688. The summed E-state index contributed by atoms with van der Waals surface area (Å²) < 4.78 is 0. The van der Waals surface area contributed by atoms with E-state index < -0.39 is 0 Å². The molecule has 2 atom stereocenters. The third-order valence-corrected chi connectivity index (χ3v) is 2.39. The van der Waals surface area contributed by atoms with Gasteiger partial charge in [0.05, 0.1) is 0 Å². The molecule has 1 amide bonds. The Hall–Kier alpha value is -0.610. The quantitative estimate of drug-likeness (QED) is 0.628. The van der Waals surface area contributed by atoms with E-state index in [9.17, 15) is 4.79 Å². The average Bonchev–Trinajstić information content (AvgIpc) is 2.50. The molecule has 0 aliphatic carbocycles. The van der Waals surface area contributed by atoms with E-state index in [0.717, 1.165) is 13.0 Å². The molecule has 1 saturated heterocycles. The Bertz CT molecular complexity index is 182. The van der Waals surface area contributed by atoms with Crippen molar-refractivity contribution in [1.29, 1.82) is 0 Å². The summed E-state index contributed by atoms with van der Waals surface area (Å²) in [5.74, 6) is 0.392. The van der Waals surface area contributed by atoms with Crippen LogP contribution in [0.1, 0.15) is 19.8 Å². The lowest BCUT2D eigenvalue weighted by Gasteiger charge is -2.17. The molecule has 76 valence electrons. The van der Waals surface area contributed by atoms with E-state index in [1.54, 1.807) is 4.90 Å². The molecule has 0 spiro atoms. The summed E-state index contributed by atoms with van der Waals surface area (Å²) >= 11 is 0. The van der Waals surface area contributed by atoms with Gasteiger partial charge < -0.3 is 15.7 Å². The summed E-state index contributed by atoms with van der Waals surface area (Å²) in [4.78, 5) is 13.3. The molecule has 4 heteroatoms. The molecule has 1 aliphatic rings. The number of hydrogen-bond donors (Lipinski definition) is 2. The number of nitrogens with two attached hydrogens (primary N) is 1. The highest BCUT2D eigenvalue weighted by molar-refractivity contribution is 5.77. The van der Waals surface area contributed by atoms with Crippen LogP contribution in [0, 0.1) is 5.92 Å². The van der Waals surface area contributed by atoms with Crippen molar-refractivity contribution in [2.45, 2.75) is 25.8 Å². The van der Waals surface area contributed by atoms with Crippen molar-refractivity contribution in [3.8, 4) is 0 Å². The third kappa shape index (κ3) is 2.97. The first-order valence-electron chi connectivity index (χ1n) is 4.77. The van der Waals surface area contributed by atoms with Crippen molar-refractivity contribution in [3.63, 3.8) is 0 Å². The SMILES string of the molecule is CC(N)CC(=O)N1CCC(CO)C1. The maximum absolute atomic E-state index is 11.5. The van der Waals surface area contributed by atoms with Gasteiger partial charge in [0.2, 0.25) is 5.91 Å². The maximum Gasteiger partial charge on any atom is 0.224 e. The summed E-state index contributed by atoms with van der Waals surface area (Å²) in [7, 11) is 0. The second-order valence-electron chi connectivity index (χ2n) is 3.86. The van der Waals surface area contributed by atoms with Gasteiger partial charge in [-0.25, -0.2) is 0 Å². The number of hydrogen-bond acceptors (Lipinski definition) is 3. The van der Waals surface area contributed by atoms with E-state index in [4.69, 9.17) is 10.8 Å². The van der Waals surface area contributed by atoms with Crippen LogP contribution in [-0.2, 0) is 4.79 Å². The number of likely N-dealkylation sites (tertiary alicyclic amines) is 1. The van der Waals surface area contributed by atoms with E-state index in [0.29, 0.717) is 13.0 Å². The fourth-order valence-corrected chi connectivity index (χ4v) is 1.61. The number of aliphatic hydroxyl groups is 1. The predicted octanol–water partition coefficient (Wildman–Crippen LogP) is -0.435. The Labute approximate surface area is 78.7 Å². The number of nitrogens with zero attached hydrogens (tertiary/aromatic N) is 1. The van der Waals surface area contributed by atoms with Crippen molar-refractivity contribution >= 4 is 5.91 Å². The highest BCUT2D eigenvalue weighted by Crippen LogP contribution is 2.16. The summed E-state index contributed by atoms with van der Waals surface area (Å²) in [5.41, 5.74) is 5.53.